The third-order valence-electron chi connectivity index (χ3n) is 5.24. The van der Waals surface area contributed by atoms with E-state index in [1.165, 1.54) is 5.56 Å². The molecule has 30 heavy (non-hydrogen) atoms. The number of carbonyl (C=O) groups is 1. The maximum Gasteiger partial charge on any atom is 0.278 e. The quantitative estimate of drug-likeness (QED) is 0.458. The van der Waals surface area contributed by atoms with Crippen LogP contribution < -0.4 is 4.90 Å². The lowest BCUT2D eigenvalue weighted by atomic mass is 10.2. The molecule has 0 atom stereocenters. The number of anilines is 1. The Morgan fingerprint density at radius 1 is 1.13 bits per heavy atom. The number of aromatic nitrogens is 3. The SMILES string of the molecule is CCc1ccc2nc(N(CCN(CC)CC)C(=O)c3ccnn3C(C)C)sc2c1.Cl. The van der Waals surface area contributed by atoms with Crippen LogP contribution in [0.25, 0.3) is 10.2 Å². The van der Waals surface area contributed by atoms with Gasteiger partial charge in [0.05, 0.1) is 10.2 Å². The van der Waals surface area contributed by atoms with Crippen molar-refractivity contribution in [1.82, 2.24) is 19.7 Å². The molecule has 0 saturated heterocycles. The van der Waals surface area contributed by atoms with Crippen LogP contribution in [0.2, 0.25) is 0 Å². The highest BCUT2D eigenvalue weighted by atomic mass is 35.5. The number of fused-ring (bicyclic) bond motifs is 1. The van der Waals surface area contributed by atoms with Gasteiger partial charge in [-0.25, -0.2) is 4.98 Å². The average molecular weight is 450 g/mol. The van der Waals surface area contributed by atoms with Crippen molar-refractivity contribution in [1.29, 1.82) is 0 Å². The van der Waals surface area contributed by atoms with Gasteiger partial charge in [-0.2, -0.15) is 5.10 Å². The van der Waals surface area contributed by atoms with E-state index >= 15 is 0 Å². The molecule has 2 heterocycles. The molecule has 0 aliphatic heterocycles. The fourth-order valence-corrected chi connectivity index (χ4v) is 4.44. The molecule has 0 N–H and O–H groups in total. The molecule has 0 spiro atoms. The van der Waals surface area contributed by atoms with E-state index in [0.717, 1.165) is 41.4 Å². The zero-order valence-corrected chi connectivity index (χ0v) is 20.1. The standard InChI is InChI=1S/C22H31N5OS.ClH/c1-6-17-9-10-18-20(15-17)29-22(24-18)26(14-13-25(7-2)8-3)21(28)19-11-12-23-27(19)16(4)5;/h9-12,15-16H,6-8,13-14H2,1-5H3;1H. The van der Waals surface area contributed by atoms with Gasteiger partial charge >= 0.3 is 0 Å². The van der Waals surface area contributed by atoms with Gasteiger partial charge < -0.3 is 4.90 Å². The largest absolute Gasteiger partial charge is 0.302 e. The molecule has 3 aromatic rings. The summed E-state index contributed by atoms with van der Waals surface area (Å²) in [5, 5.41) is 5.10. The molecular weight excluding hydrogens is 418 g/mol. The number of aryl methyl sites for hydroxylation is 1. The second-order valence-corrected chi connectivity index (χ2v) is 8.40. The lowest BCUT2D eigenvalue weighted by Crippen LogP contribution is -2.39. The van der Waals surface area contributed by atoms with Gasteiger partial charge in [-0.15, -0.1) is 12.4 Å². The van der Waals surface area contributed by atoms with Crippen molar-refractivity contribution in [3.8, 4) is 0 Å². The molecule has 1 amide bonds. The zero-order chi connectivity index (χ0) is 21.0. The minimum absolute atomic E-state index is 0. The molecule has 0 aliphatic rings. The van der Waals surface area contributed by atoms with Crippen LogP contribution in [0.5, 0.6) is 0 Å². The first-order valence-corrected chi connectivity index (χ1v) is 11.3. The van der Waals surface area contributed by atoms with Crippen LogP contribution >= 0.6 is 23.7 Å². The molecule has 0 saturated carbocycles. The fourth-order valence-electron chi connectivity index (χ4n) is 3.39. The van der Waals surface area contributed by atoms with Crippen LogP contribution in [0, 0.1) is 0 Å². The maximum absolute atomic E-state index is 13.5. The summed E-state index contributed by atoms with van der Waals surface area (Å²) in [7, 11) is 0. The van der Waals surface area contributed by atoms with Gasteiger partial charge in [-0.3, -0.25) is 14.4 Å². The third-order valence-corrected chi connectivity index (χ3v) is 6.28. The van der Waals surface area contributed by atoms with Crippen molar-refractivity contribution < 1.29 is 4.79 Å². The minimum Gasteiger partial charge on any atom is -0.302 e. The summed E-state index contributed by atoms with van der Waals surface area (Å²) < 4.78 is 2.91. The van der Waals surface area contributed by atoms with E-state index in [9.17, 15) is 4.79 Å². The molecule has 0 aliphatic carbocycles. The number of rotatable bonds is 9. The van der Waals surface area contributed by atoms with Gasteiger partial charge in [-0.1, -0.05) is 38.2 Å². The van der Waals surface area contributed by atoms with Gasteiger partial charge in [0.2, 0.25) is 0 Å². The normalized spacial score (nSPS) is 11.3. The van der Waals surface area contributed by atoms with E-state index in [-0.39, 0.29) is 24.4 Å². The van der Waals surface area contributed by atoms with Crippen LogP contribution in [-0.4, -0.2) is 51.8 Å². The highest BCUT2D eigenvalue weighted by Gasteiger charge is 2.25. The molecule has 0 bridgehead atoms. The summed E-state index contributed by atoms with van der Waals surface area (Å²) in [5.74, 6) is -0.0434. The predicted molar refractivity (Wildman–Crippen MR) is 128 cm³/mol. The number of likely N-dealkylation sites (N-methyl/N-ethyl adjacent to an activating group) is 1. The second kappa shape index (κ2) is 10.9. The van der Waals surface area contributed by atoms with Crippen molar-refractivity contribution in [2.45, 2.75) is 47.1 Å². The lowest BCUT2D eigenvalue weighted by molar-refractivity contribution is 0.0971. The Hall–Kier alpha value is -1.96. The van der Waals surface area contributed by atoms with Crippen LogP contribution in [0.15, 0.2) is 30.5 Å². The number of amides is 1. The van der Waals surface area contributed by atoms with E-state index in [4.69, 9.17) is 4.98 Å². The number of benzene rings is 1. The van der Waals surface area contributed by atoms with Crippen molar-refractivity contribution in [3.05, 3.63) is 41.7 Å². The van der Waals surface area contributed by atoms with Gasteiger partial charge in [0.25, 0.3) is 5.91 Å². The van der Waals surface area contributed by atoms with Crippen LogP contribution in [-0.2, 0) is 6.42 Å². The van der Waals surface area contributed by atoms with Crippen molar-refractivity contribution >= 4 is 45.0 Å². The van der Waals surface area contributed by atoms with Gasteiger partial charge in [0, 0.05) is 25.3 Å². The Morgan fingerprint density at radius 2 is 1.87 bits per heavy atom. The first-order valence-electron chi connectivity index (χ1n) is 10.5. The molecule has 0 radical (unpaired) electrons. The van der Waals surface area contributed by atoms with E-state index < -0.39 is 0 Å². The van der Waals surface area contributed by atoms with Gasteiger partial charge in [0.15, 0.2) is 5.13 Å². The molecule has 164 valence electrons. The Balaban J connectivity index is 0.00000320. The molecule has 1 aromatic carbocycles. The topological polar surface area (TPSA) is 54.3 Å². The summed E-state index contributed by atoms with van der Waals surface area (Å²) in [6, 6.07) is 8.27. The highest BCUT2D eigenvalue weighted by Crippen LogP contribution is 2.31. The monoisotopic (exact) mass is 449 g/mol. The fraction of sp³-hybridized carbons (Fsp3) is 0.500. The first kappa shape index (κ1) is 24.3. The van der Waals surface area contributed by atoms with Gasteiger partial charge in [0.1, 0.15) is 5.69 Å². The number of hydrogen-bond donors (Lipinski definition) is 0. The molecule has 6 nitrogen and oxygen atoms in total. The summed E-state index contributed by atoms with van der Waals surface area (Å²) in [6.45, 7) is 13.8. The maximum atomic E-state index is 13.5. The molecule has 8 heteroatoms. The van der Waals surface area contributed by atoms with E-state index in [1.54, 1.807) is 28.3 Å². The third kappa shape index (κ3) is 5.20. The Kier molecular flexibility index (Phi) is 8.82. The number of hydrogen-bond acceptors (Lipinski definition) is 5. The smallest absolute Gasteiger partial charge is 0.278 e. The zero-order valence-electron chi connectivity index (χ0n) is 18.5. The number of carbonyl (C=O) groups excluding carboxylic acids is 1. The first-order chi connectivity index (χ1) is 14.0. The minimum atomic E-state index is -0.0434. The average Bonchev–Trinajstić information content (AvgIpc) is 3.37. The van der Waals surface area contributed by atoms with Crippen molar-refractivity contribution in [3.63, 3.8) is 0 Å². The van der Waals surface area contributed by atoms with E-state index in [0.29, 0.717) is 12.2 Å². The van der Waals surface area contributed by atoms with Crippen molar-refractivity contribution in [2.75, 3.05) is 31.1 Å². The molecule has 0 unspecified atom stereocenters. The van der Waals surface area contributed by atoms with Gasteiger partial charge in [-0.05, 0) is 57.1 Å². The number of thiazole rings is 1. The molecule has 0 fully saturated rings. The Bertz CT molecular complexity index is 964. The lowest BCUT2D eigenvalue weighted by Gasteiger charge is -2.25. The van der Waals surface area contributed by atoms with Crippen LogP contribution in [0.3, 0.4) is 0 Å². The van der Waals surface area contributed by atoms with Crippen LogP contribution in [0.1, 0.15) is 56.7 Å². The molecule has 3 rings (SSSR count). The van der Waals surface area contributed by atoms with E-state index in [1.807, 2.05) is 18.7 Å². The Labute approximate surface area is 189 Å². The summed E-state index contributed by atoms with van der Waals surface area (Å²) in [4.78, 5) is 22.5. The van der Waals surface area contributed by atoms with Crippen LogP contribution in [0.4, 0.5) is 5.13 Å². The van der Waals surface area contributed by atoms with E-state index in [2.05, 4.69) is 49.0 Å². The Morgan fingerprint density at radius 3 is 2.50 bits per heavy atom. The summed E-state index contributed by atoms with van der Waals surface area (Å²) in [6.07, 6.45) is 2.68. The number of halogens is 1. The second-order valence-electron chi connectivity index (χ2n) is 7.39. The summed E-state index contributed by atoms with van der Waals surface area (Å²) >= 11 is 1.59. The van der Waals surface area contributed by atoms with Crippen molar-refractivity contribution in [2.24, 2.45) is 0 Å². The molecule has 2 aromatic heterocycles. The summed E-state index contributed by atoms with van der Waals surface area (Å²) in [5.41, 5.74) is 2.83. The number of nitrogens with zero attached hydrogens (tertiary/aromatic N) is 5. The highest BCUT2D eigenvalue weighted by molar-refractivity contribution is 7.22. The predicted octanol–water partition coefficient (Wildman–Crippen LogP) is 5.05. The molecular formula is C22H32ClN5OS.